The molecule has 0 heterocycles. The Morgan fingerprint density at radius 1 is 1.17 bits per heavy atom. The summed E-state index contributed by atoms with van der Waals surface area (Å²) >= 11 is 0. The molecule has 0 bridgehead atoms. The molecule has 0 radical (unpaired) electrons. The van der Waals surface area contributed by atoms with Crippen molar-refractivity contribution in [3.63, 3.8) is 0 Å². The highest BCUT2D eigenvalue weighted by molar-refractivity contribution is 5.95. The van der Waals surface area contributed by atoms with Gasteiger partial charge in [0, 0.05) is 13.2 Å². The Balaban J connectivity index is 1.59. The molecule has 0 aliphatic heterocycles. The summed E-state index contributed by atoms with van der Waals surface area (Å²) in [5.74, 6) is -0.487. The zero-order chi connectivity index (χ0) is 17.2. The van der Waals surface area contributed by atoms with E-state index >= 15 is 0 Å². The second-order valence-electron chi connectivity index (χ2n) is 5.98. The summed E-state index contributed by atoms with van der Waals surface area (Å²) < 4.78 is 11.2. The molecule has 0 saturated heterocycles. The van der Waals surface area contributed by atoms with Crippen LogP contribution in [0, 0.1) is 0 Å². The molecule has 0 atom stereocenters. The van der Waals surface area contributed by atoms with Gasteiger partial charge in [-0.15, -0.1) is 0 Å². The van der Waals surface area contributed by atoms with Crippen LogP contribution in [0.15, 0.2) is 24.3 Å². The van der Waals surface area contributed by atoms with E-state index in [1.165, 1.54) is 19.3 Å². The quantitative estimate of drug-likeness (QED) is 0.676. The standard InChI is InChI=1S/C18H26N2O4/c19-18(22)15-9-4-5-10-16(15)24-13-17(21)20-11-6-12-23-14-7-2-1-3-8-14/h4-5,9-10,14H,1-3,6-8,11-13H2,(H2,19,22)(H,20,21). The lowest BCUT2D eigenvalue weighted by atomic mass is 9.98. The Bertz CT molecular complexity index is 542. The maximum absolute atomic E-state index is 11.8. The van der Waals surface area contributed by atoms with E-state index in [4.69, 9.17) is 15.2 Å². The molecule has 6 nitrogen and oxygen atoms in total. The third-order valence-corrected chi connectivity index (χ3v) is 4.06. The number of para-hydroxylation sites is 1. The molecular weight excluding hydrogens is 308 g/mol. The van der Waals surface area contributed by atoms with Crippen LogP contribution in [0.1, 0.15) is 48.9 Å². The average Bonchev–Trinajstić information content (AvgIpc) is 2.60. The van der Waals surface area contributed by atoms with Crippen LogP contribution in [-0.2, 0) is 9.53 Å². The Morgan fingerprint density at radius 3 is 2.67 bits per heavy atom. The average molecular weight is 334 g/mol. The zero-order valence-electron chi connectivity index (χ0n) is 14.0. The molecule has 1 saturated carbocycles. The molecule has 0 unspecified atom stereocenters. The van der Waals surface area contributed by atoms with Crippen LogP contribution in [0.2, 0.25) is 0 Å². The van der Waals surface area contributed by atoms with Gasteiger partial charge < -0.3 is 20.5 Å². The van der Waals surface area contributed by atoms with E-state index in [9.17, 15) is 9.59 Å². The Kier molecular flexibility index (Phi) is 7.55. The Morgan fingerprint density at radius 2 is 1.92 bits per heavy atom. The molecule has 1 aromatic rings. The van der Waals surface area contributed by atoms with Crippen molar-refractivity contribution in [2.45, 2.75) is 44.6 Å². The summed E-state index contributed by atoms with van der Waals surface area (Å²) in [5.41, 5.74) is 5.53. The largest absolute Gasteiger partial charge is 0.483 e. The van der Waals surface area contributed by atoms with E-state index < -0.39 is 5.91 Å². The van der Waals surface area contributed by atoms with E-state index in [0.29, 0.717) is 25.0 Å². The lowest BCUT2D eigenvalue weighted by molar-refractivity contribution is -0.123. The molecule has 1 fully saturated rings. The molecule has 24 heavy (non-hydrogen) atoms. The number of carbonyl (C=O) groups is 2. The number of benzene rings is 1. The molecule has 1 aliphatic rings. The SMILES string of the molecule is NC(=O)c1ccccc1OCC(=O)NCCCOC1CCCCC1. The second kappa shape index (κ2) is 9.93. The smallest absolute Gasteiger partial charge is 0.257 e. The zero-order valence-corrected chi connectivity index (χ0v) is 14.0. The molecule has 1 aliphatic carbocycles. The van der Waals surface area contributed by atoms with Crippen LogP contribution in [0.4, 0.5) is 0 Å². The summed E-state index contributed by atoms with van der Waals surface area (Å²) in [6.07, 6.45) is 7.30. The van der Waals surface area contributed by atoms with Gasteiger partial charge in [0.05, 0.1) is 11.7 Å². The molecular formula is C18H26N2O4. The van der Waals surface area contributed by atoms with Crippen LogP contribution in [0.3, 0.4) is 0 Å². The second-order valence-corrected chi connectivity index (χ2v) is 5.98. The van der Waals surface area contributed by atoms with Gasteiger partial charge in [0.2, 0.25) is 0 Å². The van der Waals surface area contributed by atoms with Crippen molar-refractivity contribution in [2.24, 2.45) is 5.73 Å². The van der Waals surface area contributed by atoms with Gasteiger partial charge in [-0.25, -0.2) is 0 Å². The molecule has 2 amide bonds. The number of nitrogens with one attached hydrogen (secondary N) is 1. The number of ether oxygens (including phenoxy) is 2. The van der Waals surface area contributed by atoms with E-state index in [2.05, 4.69) is 5.32 Å². The van der Waals surface area contributed by atoms with E-state index in [1.54, 1.807) is 24.3 Å². The lowest BCUT2D eigenvalue weighted by Gasteiger charge is -2.21. The predicted octanol–water partition coefficient (Wildman–Crippen LogP) is 2.02. The summed E-state index contributed by atoms with van der Waals surface area (Å²) in [6.45, 7) is 1.07. The normalized spacial score (nSPS) is 15.0. The molecule has 6 heteroatoms. The van der Waals surface area contributed by atoms with Crippen molar-refractivity contribution in [2.75, 3.05) is 19.8 Å². The minimum Gasteiger partial charge on any atom is -0.483 e. The number of carbonyl (C=O) groups excluding carboxylic acids is 2. The minimum atomic E-state index is -0.578. The van der Waals surface area contributed by atoms with Crippen molar-refractivity contribution < 1.29 is 19.1 Å². The van der Waals surface area contributed by atoms with Gasteiger partial charge in [0.25, 0.3) is 11.8 Å². The highest BCUT2D eigenvalue weighted by Crippen LogP contribution is 2.20. The highest BCUT2D eigenvalue weighted by atomic mass is 16.5. The van der Waals surface area contributed by atoms with E-state index in [-0.39, 0.29) is 18.1 Å². The van der Waals surface area contributed by atoms with Gasteiger partial charge in [0.15, 0.2) is 6.61 Å². The van der Waals surface area contributed by atoms with Crippen LogP contribution >= 0.6 is 0 Å². The molecule has 1 aromatic carbocycles. The summed E-state index contributed by atoms with van der Waals surface area (Å²) in [5, 5.41) is 2.78. The molecule has 3 N–H and O–H groups in total. The first-order valence-electron chi connectivity index (χ1n) is 8.57. The number of hydrogen-bond donors (Lipinski definition) is 2. The first-order valence-corrected chi connectivity index (χ1v) is 8.57. The van der Waals surface area contributed by atoms with Gasteiger partial charge >= 0.3 is 0 Å². The number of primary amides is 1. The predicted molar refractivity (Wildman–Crippen MR) is 90.9 cm³/mol. The van der Waals surface area contributed by atoms with E-state index in [1.807, 2.05) is 0 Å². The van der Waals surface area contributed by atoms with Gasteiger partial charge in [-0.3, -0.25) is 9.59 Å². The van der Waals surface area contributed by atoms with Gasteiger partial charge in [-0.2, -0.15) is 0 Å². The fourth-order valence-electron chi connectivity index (χ4n) is 2.77. The number of nitrogens with two attached hydrogens (primary N) is 1. The maximum atomic E-state index is 11.8. The first kappa shape index (κ1) is 18.3. The van der Waals surface area contributed by atoms with Crippen LogP contribution < -0.4 is 15.8 Å². The van der Waals surface area contributed by atoms with Gasteiger partial charge in [-0.1, -0.05) is 31.4 Å². The van der Waals surface area contributed by atoms with E-state index in [0.717, 1.165) is 19.3 Å². The van der Waals surface area contributed by atoms with Crippen molar-refractivity contribution in [1.82, 2.24) is 5.32 Å². The number of rotatable bonds is 9. The fourth-order valence-corrected chi connectivity index (χ4v) is 2.77. The Labute approximate surface area is 142 Å². The number of hydrogen-bond acceptors (Lipinski definition) is 4. The van der Waals surface area contributed by atoms with Crippen LogP contribution in [0.25, 0.3) is 0 Å². The molecule has 2 rings (SSSR count). The summed E-state index contributed by atoms with van der Waals surface area (Å²) in [7, 11) is 0. The van der Waals surface area contributed by atoms with Gasteiger partial charge in [-0.05, 0) is 31.4 Å². The fraction of sp³-hybridized carbons (Fsp3) is 0.556. The highest BCUT2D eigenvalue weighted by Gasteiger charge is 2.13. The van der Waals surface area contributed by atoms with Crippen molar-refractivity contribution in [1.29, 1.82) is 0 Å². The third-order valence-electron chi connectivity index (χ3n) is 4.06. The van der Waals surface area contributed by atoms with Gasteiger partial charge in [0.1, 0.15) is 5.75 Å². The summed E-state index contributed by atoms with van der Waals surface area (Å²) in [6, 6.07) is 6.60. The summed E-state index contributed by atoms with van der Waals surface area (Å²) in [4.78, 5) is 23.0. The Hall–Kier alpha value is -2.08. The number of amides is 2. The first-order chi connectivity index (χ1) is 11.7. The third kappa shape index (κ3) is 6.20. The van der Waals surface area contributed by atoms with Crippen molar-refractivity contribution >= 4 is 11.8 Å². The topological polar surface area (TPSA) is 90.7 Å². The molecule has 0 aromatic heterocycles. The van der Waals surface area contributed by atoms with Crippen LogP contribution in [-0.4, -0.2) is 37.7 Å². The molecule has 132 valence electrons. The minimum absolute atomic E-state index is 0.145. The molecule has 0 spiro atoms. The van der Waals surface area contributed by atoms with Crippen LogP contribution in [0.5, 0.6) is 5.75 Å². The maximum Gasteiger partial charge on any atom is 0.257 e. The lowest BCUT2D eigenvalue weighted by Crippen LogP contribution is -2.31. The monoisotopic (exact) mass is 334 g/mol. The van der Waals surface area contributed by atoms with Crippen molar-refractivity contribution in [3.05, 3.63) is 29.8 Å². The van der Waals surface area contributed by atoms with Crippen molar-refractivity contribution in [3.8, 4) is 5.75 Å².